The molecule has 0 radical (unpaired) electrons. The van der Waals surface area contributed by atoms with Crippen molar-refractivity contribution in [1.29, 1.82) is 10.8 Å². The van der Waals surface area contributed by atoms with Crippen molar-refractivity contribution in [3.8, 4) is 0 Å². The van der Waals surface area contributed by atoms with E-state index in [4.69, 9.17) is 22.3 Å². The number of amidine groups is 2. The first-order valence-corrected chi connectivity index (χ1v) is 8.95. The summed E-state index contributed by atoms with van der Waals surface area (Å²) in [6, 6.07) is 19.5. The van der Waals surface area contributed by atoms with Crippen LogP contribution in [0.4, 0.5) is 11.4 Å². The topological polar surface area (TPSA) is 158 Å². The Hall–Kier alpha value is -3.88. The summed E-state index contributed by atoms with van der Waals surface area (Å²) in [4.78, 5) is 25.1. The van der Waals surface area contributed by atoms with Gasteiger partial charge in [0.2, 0.25) is 0 Å². The lowest BCUT2D eigenvalue weighted by atomic mass is 10.1. The van der Waals surface area contributed by atoms with E-state index in [0.29, 0.717) is 33.6 Å². The van der Waals surface area contributed by atoms with Gasteiger partial charge in [-0.3, -0.25) is 20.4 Å². The molecule has 32 heavy (non-hydrogen) atoms. The molecule has 0 heterocycles. The summed E-state index contributed by atoms with van der Waals surface area (Å²) in [7, 11) is 0. The van der Waals surface area contributed by atoms with Gasteiger partial charge >= 0.3 is 0 Å². The summed E-state index contributed by atoms with van der Waals surface area (Å²) in [5.74, 6) is -0.845. The van der Waals surface area contributed by atoms with E-state index in [1.54, 1.807) is 66.7 Å². The second kappa shape index (κ2) is 11.5. The van der Waals surface area contributed by atoms with E-state index >= 15 is 0 Å². The fourth-order valence-corrected chi connectivity index (χ4v) is 2.67. The summed E-state index contributed by atoms with van der Waals surface area (Å²) in [5, 5.41) is 20.3. The van der Waals surface area contributed by atoms with E-state index < -0.39 is 0 Å². The van der Waals surface area contributed by atoms with Gasteiger partial charge in [-0.1, -0.05) is 6.07 Å². The quantitative estimate of drug-likeness (QED) is 0.239. The van der Waals surface area contributed by atoms with Crippen LogP contribution in [0, 0.1) is 10.8 Å². The van der Waals surface area contributed by atoms with Crippen LogP contribution in [0.15, 0.2) is 72.8 Å². The number of carbonyl (C=O) groups is 2. The van der Waals surface area contributed by atoms with Gasteiger partial charge in [0.1, 0.15) is 11.7 Å². The molecule has 3 aromatic rings. The molecule has 0 aliphatic carbocycles. The Morgan fingerprint density at radius 3 is 1.25 bits per heavy atom. The third-order valence-corrected chi connectivity index (χ3v) is 4.29. The SMILES string of the molecule is Cl.Cl.N=C(N)c1ccc(NC(=O)c2cccc(C(=O)Nc3ccc(C(=N)N)cc3)c2)cc1. The average Bonchev–Trinajstić information content (AvgIpc) is 2.74. The Bertz CT molecular complexity index is 1050. The van der Waals surface area contributed by atoms with Crippen molar-refractivity contribution in [1.82, 2.24) is 0 Å². The Morgan fingerprint density at radius 2 is 0.938 bits per heavy atom. The fourth-order valence-electron chi connectivity index (χ4n) is 2.67. The van der Waals surface area contributed by atoms with E-state index in [0.717, 1.165) is 0 Å². The minimum atomic E-state index is -0.369. The lowest BCUT2D eigenvalue weighted by Crippen LogP contribution is -2.16. The van der Waals surface area contributed by atoms with Crippen LogP contribution in [-0.4, -0.2) is 23.5 Å². The maximum Gasteiger partial charge on any atom is 0.255 e. The van der Waals surface area contributed by atoms with Gasteiger partial charge in [-0.05, 0) is 66.7 Å². The van der Waals surface area contributed by atoms with E-state index in [9.17, 15) is 9.59 Å². The predicted octanol–water partition coefficient (Wildman–Crippen LogP) is 3.60. The number of rotatable bonds is 6. The number of hydrogen-bond acceptors (Lipinski definition) is 4. The lowest BCUT2D eigenvalue weighted by Gasteiger charge is -2.09. The Labute approximate surface area is 197 Å². The van der Waals surface area contributed by atoms with Crippen molar-refractivity contribution in [2.45, 2.75) is 0 Å². The first kappa shape index (κ1) is 26.2. The standard InChI is InChI=1S/C22H20N6O2.2ClH/c23-19(24)13-4-8-17(9-5-13)27-21(29)15-2-1-3-16(12-15)22(30)28-18-10-6-14(7-11-18)20(25)26;;/h1-12H,(H3,23,24)(H3,25,26)(H,27,29)(H,28,30);2*1H. The summed E-state index contributed by atoms with van der Waals surface area (Å²) in [6.45, 7) is 0. The summed E-state index contributed by atoms with van der Waals surface area (Å²) in [6.07, 6.45) is 0. The van der Waals surface area contributed by atoms with Crippen LogP contribution < -0.4 is 22.1 Å². The largest absolute Gasteiger partial charge is 0.384 e. The van der Waals surface area contributed by atoms with E-state index in [2.05, 4.69) is 10.6 Å². The Morgan fingerprint density at radius 1 is 0.594 bits per heavy atom. The molecule has 8 nitrogen and oxygen atoms in total. The van der Waals surface area contributed by atoms with Crippen molar-refractivity contribution in [2.24, 2.45) is 11.5 Å². The predicted molar refractivity (Wildman–Crippen MR) is 132 cm³/mol. The minimum Gasteiger partial charge on any atom is -0.384 e. The number of carbonyl (C=O) groups excluding carboxylic acids is 2. The van der Waals surface area contributed by atoms with Crippen LogP contribution in [0.25, 0.3) is 0 Å². The molecule has 8 N–H and O–H groups in total. The minimum absolute atomic E-state index is 0. The number of nitrogen functional groups attached to an aromatic ring is 2. The monoisotopic (exact) mass is 472 g/mol. The number of nitrogens with two attached hydrogens (primary N) is 2. The molecule has 0 unspecified atom stereocenters. The van der Waals surface area contributed by atoms with Crippen molar-refractivity contribution in [2.75, 3.05) is 10.6 Å². The highest BCUT2D eigenvalue weighted by Crippen LogP contribution is 2.15. The zero-order chi connectivity index (χ0) is 21.7. The Balaban J connectivity index is 0.00000256. The first-order chi connectivity index (χ1) is 14.3. The molecule has 166 valence electrons. The second-order valence-corrected chi connectivity index (χ2v) is 6.47. The van der Waals surface area contributed by atoms with Crippen LogP contribution >= 0.6 is 24.8 Å². The van der Waals surface area contributed by atoms with Gasteiger partial charge in [0.15, 0.2) is 0 Å². The lowest BCUT2D eigenvalue weighted by molar-refractivity contribution is 0.102. The van der Waals surface area contributed by atoms with Gasteiger partial charge in [0.05, 0.1) is 0 Å². The van der Waals surface area contributed by atoms with Crippen molar-refractivity contribution < 1.29 is 9.59 Å². The number of hydrogen-bond donors (Lipinski definition) is 6. The molecule has 0 saturated carbocycles. The van der Waals surface area contributed by atoms with Crippen molar-refractivity contribution >= 4 is 59.7 Å². The third-order valence-electron chi connectivity index (χ3n) is 4.29. The number of amides is 2. The molecule has 0 aliphatic rings. The molecule has 0 saturated heterocycles. The van der Waals surface area contributed by atoms with Gasteiger partial charge in [-0.15, -0.1) is 24.8 Å². The van der Waals surface area contributed by atoms with Gasteiger partial charge in [-0.25, -0.2) is 0 Å². The van der Waals surface area contributed by atoms with Crippen LogP contribution in [-0.2, 0) is 0 Å². The highest BCUT2D eigenvalue weighted by molar-refractivity contribution is 6.09. The first-order valence-electron chi connectivity index (χ1n) is 8.95. The molecule has 3 rings (SSSR count). The molecule has 0 atom stereocenters. The number of anilines is 2. The van der Waals surface area contributed by atoms with Gasteiger partial charge in [0.25, 0.3) is 11.8 Å². The molecule has 3 aromatic carbocycles. The van der Waals surface area contributed by atoms with E-state index in [1.165, 1.54) is 6.07 Å². The molecule has 10 heteroatoms. The molecule has 0 bridgehead atoms. The van der Waals surface area contributed by atoms with Crippen molar-refractivity contribution in [3.63, 3.8) is 0 Å². The number of halogens is 2. The maximum absolute atomic E-state index is 12.5. The molecular formula is C22H22Cl2N6O2. The summed E-state index contributed by atoms with van der Waals surface area (Å²) >= 11 is 0. The molecule has 0 fully saturated rings. The van der Waals surface area contributed by atoms with E-state index in [-0.39, 0.29) is 48.3 Å². The van der Waals surface area contributed by atoms with Gasteiger partial charge in [-0.2, -0.15) is 0 Å². The zero-order valence-corrected chi connectivity index (χ0v) is 18.3. The van der Waals surface area contributed by atoms with Gasteiger partial charge < -0.3 is 22.1 Å². The summed E-state index contributed by atoms with van der Waals surface area (Å²) < 4.78 is 0. The third kappa shape index (κ3) is 6.56. The van der Waals surface area contributed by atoms with Crippen molar-refractivity contribution in [3.05, 3.63) is 95.1 Å². The highest BCUT2D eigenvalue weighted by atomic mass is 35.5. The smallest absolute Gasteiger partial charge is 0.255 e. The normalized spacial score (nSPS) is 9.50. The molecule has 0 aromatic heterocycles. The average molecular weight is 473 g/mol. The highest BCUT2D eigenvalue weighted by Gasteiger charge is 2.12. The van der Waals surface area contributed by atoms with Crippen LogP contribution in [0.5, 0.6) is 0 Å². The molecule has 0 spiro atoms. The van der Waals surface area contributed by atoms with Crippen LogP contribution in [0.3, 0.4) is 0 Å². The van der Waals surface area contributed by atoms with Crippen LogP contribution in [0.1, 0.15) is 31.8 Å². The van der Waals surface area contributed by atoms with E-state index in [1.807, 2.05) is 0 Å². The van der Waals surface area contributed by atoms with Gasteiger partial charge in [0, 0.05) is 33.6 Å². The molecule has 2 amide bonds. The fraction of sp³-hybridized carbons (Fsp3) is 0. The molecular weight excluding hydrogens is 451 g/mol. The van der Waals surface area contributed by atoms with Crippen LogP contribution in [0.2, 0.25) is 0 Å². The maximum atomic E-state index is 12.5. The zero-order valence-electron chi connectivity index (χ0n) is 16.7. The second-order valence-electron chi connectivity index (χ2n) is 6.47. The number of benzene rings is 3. The molecule has 0 aliphatic heterocycles. The number of nitrogens with one attached hydrogen (secondary N) is 4. The Kier molecular flexibility index (Phi) is 9.40. The summed E-state index contributed by atoms with van der Waals surface area (Å²) in [5.41, 5.74) is 13.7.